The lowest BCUT2D eigenvalue weighted by Crippen LogP contribution is -2.29. The standard InChI is InChI=1S/C24H25NO2.CH5N/c26-24-13-12-22-21(10-6-11-23(22)27-24)9-4-5-16-25-17-14-20(15-18-25)19-7-2-1-3-8-19;1-2/h1-3,6-8,10-14H,4-5,9,15-18H2;2H2,1H3. The molecule has 0 radical (unpaired) electrons. The fourth-order valence-electron chi connectivity index (χ4n) is 3.86. The molecule has 4 heteroatoms. The third-order valence-corrected chi connectivity index (χ3v) is 5.36. The van der Waals surface area contributed by atoms with Gasteiger partial charge in [-0.1, -0.05) is 48.5 Å². The van der Waals surface area contributed by atoms with Crippen molar-refractivity contribution in [2.75, 3.05) is 26.7 Å². The highest BCUT2D eigenvalue weighted by atomic mass is 16.4. The molecule has 0 saturated carbocycles. The Labute approximate surface area is 172 Å². The van der Waals surface area contributed by atoms with E-state index in [9.17, 15) is 4.79 Å². The zero-order chi connectivity index (χ0) is 20.5. The number of benzene rings is 2. The predicted molar refractivity (Wildman–Crippen MR) is 121 cm³/mol. The molecule has 0 saturated heterocycles. The van der Waals surface area contributed by atoms with Crippen molar-refractivity contribution in [3.8, 4) is 0 Å². The van der Waals surface area contributed by atoms with Crippen molar-refractivity contribution in [2.45, 2.75) is 25.7 Å². The van der Waals surface area contributed by atoms with Crippen molar-refractivity contribution in [3.05, 3.63) is 88.3 Å². The smallest absolute Gasteiger partial charge is 0.336 e. The Kier molecular flexibility index (Phi) is 7.79. The Hall–Kier alpha value is -2.69. The highest BCUT2D eigenvalue weighted by molar-refractivity contribution is 5.80. The summed E-state index contributed by atoms with van der Waals surface area (Å²) in [6, 6.07) is 20.1. The van der Waals surface area contributed by atoms with E-state index in [0.29, 0.717) is 5.58 Å². The fraction of sp³-hybridized carbons (Fsp3) is 0.320. The third kappa shape index (κ3) is 5.66. The maximum absolute atomic E-state index is 11.4. The van der Waals surface area contributed by atoms with Crippen molar-refractivity contribution < 1.29 is 4.42 Å². The molecule has 1 aliphatic heterocycles. The van der Waals surface area contributed by atoms with E-state index < -0.39 is 0 Å². The van der Waals surface area contributed by atoms with Crippen LogP contribution in [-0.4, -0.2) is 31.6 Å². The number of aryl methyl sites for hydroxylation is 1. The highest BCUT2D eigenvalue weighted by Crippen LogP contribution is 2.23. The van der Waals surface area contributed by atoms with Crippen LogP contribution < -0.4 is 11.4 Å². The second kappa shape index (κ2) is 10.7. The molecule has 4 nitrogen and oxygen atoms in total. The van der Waals surface area contributed by atoms with Gasteiger partial charge in [-0.05, 0) is 68.1 Å². The molecule has 3 aromatic rings. The predicted octanol–water partition coefficient (Wildman–Crippen LogP) is 4.48. The lowest BCUT2D eigenvalue weighted by atomic mass is 9.99. The molecular formula is C25H30N2O2. The highest BCUT2D eigenvalue weighted by Gasteiger charge is 2.12. The first kappa shape index (κ1) is 21.0. The van der Waals surface area contributed by atoms with Crippen molar-refractivity contribution in [2.24, 2.45) is 5.73 Å². The zero-order valence-corrected chi connectivity index (χ0v) is 17.1. The molecule has 0 amide bonds. The van der Waals surface area contributed by atoms with Gasteiger partial charge in [0.15, 0.2) is 0 Å². The van der Waals surface area contributed by atoms with Crippen LogP contribution in [0.1, 0.15) is 30.4 Å². The minimum absolute atomic E-state index is 0.285. The monoisotopic (exact) mass is 390 g/mol. The number of nitrogens with two attached hydrogens (primary N) is 1. The van der Waals surface area contributed by atoms with Crippen LogP contribution in [0.2, 0.25) is 0 Å². The summed E-state index contributed by atoms with van der Waals surface area (Å²) >= 11 is 0. The molecule has 29 heavy (non-hydrogen) atoms. The van der Waals surface area contributed by atoms with E-state index >= 15 is 0 Å². The second-order valence-electron chi connectivity index (χ2n) is 7.19. The van der Waals surface area contributed by atoms with Gasteiger partial charge in [-0.3, -0.25) is 4.90 Å². The summed E-state index contributed by atoms with van der Waals surface area (Å²) in [4.78, 5) is 13.9. The molecule has 0 fully saturated rings. The molecule has 1 aromatic heterocycles. The van der Waals surface area contributed by atoms with Crippen LogP contribution in [0.4, 0.5) is 0 Å². The first-order valence-electron chi connectivity index (χ1n) is 10.4. The summed E-state index contributed by atoms with van der Waals surface area (Å²) in [5, 5.41) is 1.06. The van der Waals surface area contributed by atoms with Gasteiger partial charge in [0.2, 0.25) is 0 Å². The number of nitrogens with zero attached hydrogens (tertiary/aromatic N) is 1. The molecule has 4 rings (SSSR count). The van der Waals surface area contributed by atoms with Crippen LogP contribution in [-0.2, 0) is 6.42 Å². The molecule has 1 aliphatic rings. The number of rotatable bonds is 6. The normalized spacial score (nSPS) is 14.2. The van der Waals surface area contributed by atoms with Crippen LogP contribution in [0.15, 0.2) is 76.0 Å². The SMILES string of the molecule is CN.O=c1ccc2c(CCCCN3CC=C(c4ccccc4)CC3)cccc2o1. The minimum Gasteiger partial charge on any atom is -0.423 e. The van der Waals surface area contributed by atoms with Crippen molar-refractivity contribution in [1.82, 2.24) is 4.90 Å². The Morgan fingerprint density at radius 3 is 2.55 bits per heavy atom. The van der Waals surface area contributed by atoms with E-state index in [1.807, 2.05) is 18.2 Å². The number of unbranched alkanes of at least 4 members (excludes halogenated alkanes) is 1. The van der Waals surface area contributed by atoms with Crippen LogP contribution in [0.5, 0.6) is 0 Å². The van der Waals surface area contributed by atoms with Crippen molar-refractivity contribution in [1.29, 1.82) is 0 Å². The first-order chi connectivity index (χ1) is 14.3. The summed E-state index contributed by atoms with van der Waals surface area (Å²) in [6.45, 7) is 3.32. The molecule has 0 bridgehead atoms. The summed E-state index contributed by atoms with van der Waals surface area (Å²) in [5.41, 5.74) is 9.01. The van der Waals surface area contributed by atoms with Crippen LogP contribution >= 0.6 is 0 Å². The summed E-state index contributed by atoms with van der Waals surface area (Å²) in [5.74, 6) is 0. The van der Waals surface area contributed by atoms with Gasteiger partial charge >= 0.3 is 5.63 Å². The Morgan fingerprint density at radius 2 is 1.79 bits per heavy atom. The molecule has 2 heterocycles. The minimum atomic E-state index is -0.285. The molecule has 152 valence electrons. The van der Waals surface area contributed by atoms with Gasteiger partial charge < -0.3 is 10.2 Å². The summed E-state index contributed by atoms with van der Waals surface area (Å²) in [6.07, 6.45) is 6.85. The van der Waals surface area contributed by atoms with Gasteiger partial charge in [0.05, 0.1) is 0 Å². The Bertz CT molecular complexity index is 992. The van der Waals surface area contributed by atoms with Crippen molar-refractivity contribution >= 4 is 16.5 Å². The Balaban J connectivity index is 0.00000117. The van der Waals surface area contributed by atoms with E-state index in [0.717, 1.165) is 44.3 Å². The number of hydrogen-bond donors (Lipinski definition) is 1. The van der Waals surface area contributed by atoms with Crippen LogP contribution in [0, 0.1) is 0 Å². The summed E-state index contributed by atoms with van der Waals surface area (Å²) in [7, 11) is 1.50. The van der Waals surface area contributed by atoms with E-state index in [4.69, 9.17) is 4.42 Å². The zero-order valence-electron chi connectivity index (χ0n) is 17.1. The average molecular weight is 391 g/mol. The average Bonchev–Trinajstić information content (AvgIpc) is 2.79. The van der Waals surface area contributed by atoms with E-state index in [1.165, 1.54) is 36.2 Å². The molecule has 2 N–H and O–H groups in total. The van der Waals surface area contributed by atoms with E-state index in [-0.39, 0.29) is 5.63 Å². The molecule has 0 unspecified atom stereocenters. The van der Waals surface area contributed by atoms with Gasteiger partial charge in [0, 0.05) is 24.5 Å². The van der Waals surface area contributed by atoms with Gasteiger partial charge in [-0.25, -0.2) is 4.79 Å². The van der Waals surface area contributed by atoms with Crippen LogP contribution in [0.25, 0.3) is 16.5 Å². The molecule has 0 atom stereocenters. The van der Waals surface area contributed by atoms with E-state index in [1.54, 1.807) is 0 Å². The van der Waals surface area contributed by atoms with Gasteiger partial charge in [-0.15, -0.1) is 0 Å². The fourth-order valence-corrected chi connectivity index (χ4v) is 3.86. The third-order valence-electron chi connectivity index (χ3n) is 5.36. The maximum atomic E-state index is 11.4. The Morgan fingerprint density at radius 1 is 0.966 bits per heavy atom. The van der Waals surface area contributed by atoms with Crippen molar-refractivity contribution in [3.63, 3.8) is 0 Å². The van der Waals surface area contributed by atoms with Gasteiger partial charge in [0.25, 0.3) is 0 Å². The van der Waals surface area contributed by atoms with Gasteiger partial charge in [0.1, 0.15) is 5.58 Å². The van der Waals surface area contributed by atoms with Gasteiger partial charge in [-0.2, -0.15) is 0 Å². The second-order valence-corrected chi connectivity index (χ2v) is 7.19. The number of hydrogen-bond acceptors (Lipinski definition) is 4. The van der Waals surface area contributed by atoms with Crippen LogP contribution in [0.3, 0.4) is 0 Å². The summed E-state index contributed by atoms with van der Waals surface area (Å²) < 4.78 is 5.28. The van der Waals surface area contributed by atoms with E-state index in [2.05, 4.69) is 53.1 Å². The molecular weight excluding hydrogens is 360 g/mol. The lowest BCUT2D eigenvalue weighted by Gasteiger charge is -2.26. The lowest BCUT2D eigenvalue weighted by molar-refractivity contribution is 0.295. The first-order valence-corrected chi connectivity index (χ1v) is 10.4. The molecule has 0 spiro atoms. The molecule has 2 aromatic carbocycles. The molecule has 0 aliphatic carbocycles. The quantitative estimate of drug-likeness (QED) is 0.498. The largest absolute Gasteiger partial charge is 0.423 e. The topological polar surface area (TPSA) is 59.5 Å². The maximum Gasteiger partial charge on any atom is 0.336 e. The number of fused-ring (bicyclic) bond motifs is 1.